The number of halogens is 1. The van der Waals surface area contributed by atoms with E-state index in [1.165, 1.54) is 16.2 Å². The fourth-order valence-electron chi connectivity index (χ4n) is 1.72. The van der Waals surface area contributed by atoms with Crippen molar-refractivity contribution in [1.82, 2.24) is 0 Å². The van der Waals surface area contributed by atoms with E-state index >= 15 is 0 Å². The minimum Gasteiger partial charge on any atom is -0.480 e. The van der Waals surface area contributed by atoms with E-state index in [1.54, 1.807) is 23.6 Å². The van der Waals surface area contributed by atoms with Crippen LogP contribution in [0.1, 0.15) is 15.9 Å². The van der Waals surface area contributed by atoms with E-state index in [0.29, 0.717) is 11.3 Å². The summed E-state index contributed by atoms with van der Waals surface area (Å²) in [5.41, 5.74) is 2.16. The summed E-state index contributed by atoms with van der Waals surface area (Å²) in [4.78, 5) is 24.7. The van der Waals surface area contributed by atoms with Crippen molar-refractivity contribution >= 4 is 51.5 Å². The number of anilines is 1. The van der Waals surface area contributed by atoms with E-state index < -0.39 is 5.97 Å². The molecule has 6 heteroatoms. The summed E-state index contributed by atoms with van der Waals surface area (Å²) in [6.45, 7) is 1.59. The molecule has 1 aromatic carbocycles. The molecule has 0 fully saturated rings. The third-order valence-corrected chi connectivity index (χ3v) is 4.49. The lowest BCUT2D eigenvalue weighted by Gasteiger charge is -2.20. The second-order valence-electron chi connectivity index (χ2n) is 4.26. The summed E-state index contributed by atoms with van der Waals surface area (Å²) < 4.78 is 0.991. The molecular weight excluding hydrogens is 389 g/mol. The molecule has 1 N–H and O–H groups in total. The maximum Gasteiger partial charge on any atom is 0.323 e. The van der Waals surface area contributed by atoms with Crippen molar-refractivity contribution in [2.45, 2.75) is 6.92 Å². The van der Waals surface area contributed by atoms with Crippen molar-refractivity contribution in [2.75, 3.05) is 11.4 Å². The van der Waals surface area contributed by atoms with Gasteiger partial charge >= 0.3 is 5.97 Å². The molecule has 104 valence electrons. The number of carbonyl (C=O) groups excluding carboxylic acids is 1. The highest BCUT2D eigenvalue weighted by molar-refractivity contribution is 14.1. The van der Waals surface area contributed by atoms with Crippen molar-refractivity contribution in [1.29, 1.82) is 0 Å². The molecule has 1 aromatic heterocycles. The van der Waals surface area contributed by atoms with Crippen molar-refractivity contribution in [2.24, 2.45) is 0 Å². The highest BCUT2D eigenvalue weighted by Gasteiger charge is 2.21. The minimum atomic E-state index is -1.04. The standard InChI is InChI=1S/C14H12INO3S/c1-9-2-4-11(5-3-9)16(7-13(17)18)14(19)10-6-12(15)20-8-10/h2-6,8H,7H2,1H3,(H,17,18). The zero-order valence-electron chi connectivity index (χ0n) is 10.7. The molecular formula is C14H12INO3S. The van der Waals surface area contributed by atoms with Crippen molar-refractivity contribution in [3.63, 3.8) is 0 Å². The van der Waals surface area contributed by atoms with Crippen LogP contribution >= 0.6 is 33.9 Å². The zero-order chi connectivity index (χ0) is 14.7. The van der Waals surface area contributed by atoms with Crippen LogP contribution in [-0.2, 0) is 4.79 Å². The number of thiophene rings is 1. The van der Waals surface area contributed by atoms with Gasteiger partial charge in [-0.1, -0.05) is 17.7 Å². The number of nitrogens with zero attached hydrogens (tertiary/aromatic N) is 1. The number of aliphatic carboxylic acids is 1. The smallest absolute Gasteiger partial charge is 0.323 e. The molecule has 2 rings (SSSR count). The maximum absolute atomic E-state index is 12.4. The molecule has 4 nitrogen and oxygen atoms in total. The molecule has 0 atom stereocenters. The van der Waals surface area contributed by atoms with Crippen LogP contribution in [0.5, 0.6) is 0 Å². The van der Waals surface area contributed by atoms with Gasteiger partial charge in [0.15, 0.2) is 0 Å². The average molecular weight is 401 g/mol. The Labute approximate surface area is 134 Å². The van der Waals surface area contributed by atoms with E-state index in [0.717, 1.165) is 8.45 Å². The molecule has 0 saturated carbocycles. The third kappa shape index (κ3) is 3.57. The number of amides is 1. The summed E-state index contributed by atoms with van der Waals surface area (Å²) in [5, 5.41) is 10.8. The molecule has 0 bridgehead atoms. The van der Waals surface area contributed by atoms with Crippen LogP contribution < -0.4 is 4.90 Å². The van der Waals surface area contributed by atoms with E-state index in [1.807, 2.05) is 19.1 Å². The van der Waals surface area contributed by atoms with Crippen LogP contribution in [0.3, 0.4) is 0 Å². The van der Waals surface area contributed by atoms with E-state index in [2.05, 4.69) is 22.6 Å². The number of carboxylic acid groups (broad SMARTS) is 1. The van der Waals surface area contributed by atoms with Crippen LogP contribution in [0.4, 0.5) is 5.69 Å². The lowest BCUT2D eigenvalue weighted by Crippen LogP contribution is -2.35. The Balaban J connectivity index is 2.34. The van der Waals surface area contributed by atoms with Crippen LogP contribution in [0.15, 0.2) is 35.7 Å². The average Bonchev–Trinajstić information content (AvgIpc) is 2.83. The van der Waals surface area contributed by atoms with Gasteiger partial charge in [0.25, 0.3) is 5.91 Å². The van der Waals surface area contributed by atoms with Gasteiger partial charge < -0.3 is 5.11 Å². The van der Waals surface area contributed by atoms with Gasteiger partial charge in [-0.3, -0.25) is 14.5 Å². The molecule has 20 heavy (non-hydrogen) atoms. The monoisotopic (exact) mass is 401 g/mol. The molecule has 0 aliphatic heterocycles. The van der Waals surface area contributed by atoms with Crippen LogP contribution in [0.2, 0.25) is 0 Å². The lowest BCUT2D eigenvalue weighted by atomic mass is 10.2. The van der Waals surface area contributed by atoms with Crippen molar-refractivity contribution in [3.05, 3.63) is 49.7 Å². The normalized spacial score (nSPS) is 10.3. The van der Waals surface area contributed by atoms with Gasteiger partial charge in [-0.25, -0.2) is 0 Å². The number of benzene rings is 1. The molecule has 0 radical (unpaired) electrons. The first kappa shape index (κ1) is 15.0. The number of hydrogen-bond donors (Lipinski definition) is 1. The van der Waals surface area contributed by atoms with Gasteiger partial charge in [-0.15, -0.1) is 11.3 Å². The summed E-state index contributed by atoms with van der Waals surface area (Å²) >= 11 is 3.59. The molecule has 1 amide bonds. The van der Waals surface area contributed by atoms with E-state index in [9.17, 15) is 9.59 Å². The fourth-order valence-corrected chi connectivity index (χ4v) is 3.04. The molecule has 0 aliphatic carbocycles. The van der Waals surface area contributed by atoms with Crippen LogP contribution in [-0.4, -0.2) is 23.5 Å². The Morgan fingerprint density at radius 2 is 1.95 bits per heavy atom. The predicted octanol–water partition coefficient (Wildman–Crippen LogP) is 3.39. The highest BCUT2D eigenvalue weighted by atomic mass is 127. The third-order valence-electron chi connectivity index (χ3n) is 2.70. The second-order valence-corrected chi connectivity index (χ2v) is 7.07. The first-order valence-corrected chi connectivity index (χ1v) is 7.77. The Bertz CT molecular complexity index is 636. The van der Waals surface area contributed by atoms with Crippen molar-refractivity contribution in [3.8, 4) is 0 Å². The van der Waals surface area contributed by atoms with E-state index in [4.69, 9.17) is 5.11 Å². The van der Waals surface area contributed by atoms with Gasteiger partial charge in [0.05, 0.1) is 8.45 Å². The zero-order valence-corrected chi connectivity index (χ0v) is 13.6. The SMILES string of the molecule is Cc1ccc(N(CC(=O)O)C(=O)c2csc(I)c2)cc1. The number of hydrogen-bond acceptors (Lipinski definition) is 3. The van der Waals surface area contributed by atoms with Gasteiger partial charge in [0.2, 0.25) is 0 Å². The topological polar surface area (TPSA) is 57.6 Å². The highest BCUT2D eigenvalue weighted by Crippen LogP contribution is 2.22. The first-order valence-electron chi connectivity index (χ1n) is 5.82. The predicted molar refractivity (Wildman–Crippen MR) is 87.5 cm³/mol. The van der Waals surface area contributed by atoms with Gasteiger partial charge in [-0.2, -0.15) is 0 Å². The number of carbonyl (C=O) groups is 2. The Kier molecular flexibility index (Phi) is 4.77. The molecule has 0 spiro atoms. The second kappa shape index (κ2) is 6.36. The van der Waals surface area contributed by atoms with Gasteiger partial charge in [0.1, 0.15) is 6.54 Å². The maximum atomic E-state index is 12.4. The quantitative estimate of drug-likeness (QED) is 0.800. The van der Waals surface area contributed by atoms with Gasteiger partial charge in [0, 0.05) is 11.1 Å². The Morgan fingerprint density at radius 1 is 1.30 bits per heavy atom. The number of carboxylic acids is 1. The van der Waals surface area contributed by atoms with Crippen LogP contribution in [0.25, 0.3) is 0 Å². The molecule has 0 unspecified atom stereocenters. The van der Waals surface area contributed by atoms with Crippen molar-refractivity contribution < 1.29 is 14.7 Å². The molecule has 2 aromatic rings. The van der Waals surface area contributed by atoms with Crippen LogP contribution in [0, 0.1) is 9.81 Å². The molecule has 0 saturated heterocycles. The molecule has 0 aliphatic rings. The number of rotatable bonds is 4. The Hall–Kier alpha value is -1.41. The van der Waals surface area contributed by atoms with Gasteiger partial charge in [-0.05, 0) is 47.7 Å². The minimum absolute atomic E-state index is 0.296. The molecule has 1 heterocycles. The summed E-state index contributed by atoms with van der Waals surface area (Å²) in [5.74, 6) is -1.33. The first-order chi connectivity index (χ1) is 9.47. The number of aryl methyl sites for hydroxylation is 1. The summed E-state index contributed by atoms with van der Waals surface area (Å²) in [7, 11) is 0. The fraction of sp³-hybridized carbons (Fsp3) is 0.143. The lowest BCUT2D eigenvalue weighted by molar-refractivity contribution is -0.135. The summed E-state index contributed by atoms with van der Waals surface area (Å²) in [6, 6.07) is 8.99. The largest absolute Gasteiger partial charge is 0.480 e. The summed E-state index contributed by atoms with van der Waals surface area (Å²) in [6.07, 6.45) is 0. The Morgan fingerprint density at radius 3 is 2.45 bits per heavy atom. The van der Waals surface area contributed by atoms with E-state index in [-0.39, 0.29) is 12.5 Å².